The lowest BCUT2D eigenvalue weighted by Crippen LogP contribution is -2.22. The third-order valence-corrected chi connectivity index (χ3v) is 2.46. The monoisotopic (exact) mass is 265 g/mol. The topological polar surface area (TPSA) is 78.6 Å². The van der Waals surface area contributed by atoms with E-state index in [1.54, 1.807) is 45.0 Å². The predicted molar refractivity (Wildman–Crippen MR) is 71.5 cm³/mol. The van der Waals surface area contributed by atoms with Gasteiger partial charge in [0, 0.05) is 5.69 Å². The van der Waals surface area contributed by atoms with Crippen LogP contribution >= 0.6 is 0 Å². The molecule has 0 aliphatic carbocycles. The number of anilines is 1. The van der Waals surface area contributed by atoms with E-state index in [0.29, 0.717) is 5.69 Å². The van der Waals surface area contributed by atoms with Gasteiger partial charge in [-0.3, -0.25) is 4.79 Å². The Bertz CT molecular complexity index is 457. The zero-order chi connectivity index (χ0) is 14.4. The lowest BCUT2D eigenvalue weighted by Gasteiger charge is -2.13. The van der Waals surface area contributed by atoms with Crippen molar-refractivity contribution in [1.82, 2.24) is 0 Å². The first kappa shape index (κ1) is 15.0. The van der Waals surface area contributed by atoms with E-state index in [1.807, 2.05) is 0 Å². The molecule has 0 spiro atoms. The number of nitrogen functional groups attached to an aromatic ring is 1. The maximum absolute atomic E-state index is 11.8. The highest BCUT2D eigenvalue weighted by Gasteiger charge is 2.18. The largest absolute Gasteiger partial charge is 0.460 e. The van der Waals surface area contributed by atoms with E-state index in [2.05, 4.69) is 0 Å². The minimum absolute atomic E-state index is 0.224. The molecule has 0 aromatic heterocycles. The molecule has 1 rings (SSSR count). The Balaban J connectivity index is 2.52. The molecule has 1 atom stereocenters. The van der Waals surface area contributed by atoms with Crippen molar-refractivity contribution in [2.24, 2.45) is 0 Å². The summed E-state index contributed by atoms with van der Waals surface area (Å²) in [6.07, 6.45) is -0.224. The fraction of sp³-hybridized carbons (Fsp3) is 0.429. The zero-order valence-corrected chi connectivity index (χ0v) is 11.4. The minimum Gasteiger partial charge on any atom is -0.460 e. The molecule has 0 aliphatic rings. The third kappa shape index (κ3) is 4.99. The third-order valence-electron chi connectivity index (χ3n) is 2.46. The molecule has 0 fully saturated rings. The zero-order valence-electron chi connectivity index (χ0n) is 11.4. The van der Waals surface area contributed by atoms with Gasteiger partial charge in [-0.25, -0.2) is 4.79 Å². The lowest BCUT2D eigenvalue weighted by atomic mass is 10.0. The Labute approximate surface area is 112 Å². The molecule has 2 N–H and O–H groups in total. The number of ether oxygens (including phenoxy) is 2. The van der Waals surface area contributed by atoms with Crippen molar-refractivity contribution >= 4 is 17.6 Å². The van der Waals surface area contributed by atoms with E-state index >= 15 is 0 Å². The van der Waals surface area contributed by atoms with Gasteiger partial charge in [0.25, 0.3) is 0 Å². The average molecular weight is 265 g/mol. The molecule has 0 bridgehead atoms. The predicted octanol–water partition coefficient (Wildman–Crippen LogP) is 1.87. The molecule has 0 radical (unpaired) electrons. The molecular weight excluding hydrogens is 246 g/mol. The van der Waals surface area contributed by atoms with Crippen LogP contribution in [0, 0.1) is 0 Å². The fourth-order valence-electron chi connectivity index (χ4n) is 1.52. The summed E-state index contributed by atoms with van der Waals surface area (Å²) in [6.45, 7) is 4.79. The van der Waals surface area contributed by atoms with Gasteiger partial charge in [0.15, 0.2) is 6.61 Å². The normalized spacial score (nSPS) is 12.0. The van der Waals surface area contributed by atoms with Gasteiger partial charge in [0.1, 0.15) is 0 Å². The molecule has 0 saturated heterocycles. The second kappa shape index (κ2) is 6.78. The van der Waals surface area contributed by atoms with Gasteiger partial charge in [-0.15, -0.1) is 0 Å². The van der Waals surface area contributed by atoms with Gasteiger partial charge in [-0.1, -0.05) is 12.1 Å². The van der Waals surface area contributed by atoms with Crippen LogP contribution in [0.5, 0.6) is 0 Å². The molecule has 5 heteroatoms. The summed E-state index contributed by atoms with van der Waals surface area (Å²) in [6, 6.07) is 7.00. The van der Waals surface area contributed by atoms with E-state index in [9.17, 15) is 9.59 Å². The first-order valence-corrected chi connectivity index (χ1v) is 6.11. The Morgan fingerprint density at radius 1 is 1.26 bits per heavy atom. The molecule has 5 nitrogen and oxygen atoms in total. The minimum atomic E-state index is -0.553. The van der Waals surface area contributed by atoms with Crippen LogP contribution in [-0.2, 0) is 19.1 Å². The first-order chi connectivity index (χ1) is 8.90. The number of carbonyl (C=O) groups is 2. The molecule has 19 heavy (non-hydrogen) atoms. The van der Waals surface area contributed by atoms with E-state index in [0.717, 1.165) is 5.56 Å². The number of esters is 2. The highest BCUT2D eigenvalue weighted by atomic mass is 16.6. The molecule has 1 aromatic carbocycles. The van der Waals surface area contributed by atoms with E-state index in [1.165, 1.54) is 0 Å². The van der Waals surface area contributed by atoms with Gasteiger partial charge in [-0.05, 0) is 38.5 Å². The van der Waals surface area contributed by atoms with Crippen molar-refractivity contribution < 1.29 is 19.1 Å². The van der Waals surface area contributed by atoms with Crippen LogP contribution in [0.2, 0.25) is 0 Å². The standard InChI is InChI=1S/C14H19NO4/c1-9(2)19-13(16)8-18-14(17)10(3)11-5-4-6-12(15)7-11/h4-7,9-10H,8,15H2,1-3H3. The highest BCUT2D eigenvalue weighted by molar-refractivity contribution is 5.81. The number of nitrogens with two attached hydrogens (primary N) is 1. The molecule has 104 valence electrons. The Kier molecular flexibility index (Phi) is 5.36. The Morgan fingerprint density at radius 2 is 1.95 bits per heavy atom. The summed E-state index contributed by atoms with van der Waals surface area (Å²) < 4.78 is 9.78. The quantitative estimate of drug-likeness (QED) is 0.649. The second-order valence-corrected chi connectivity index (χ2v) is 4.54. The summed E-state index contributed by atoms with van der Waals surface area (Å²) >= 11 is 0. The number of hydrogen-bond donors (Lipinski definition) is 1. The van der Waals surface area contributed by atoms with Crippen LogP contribution < -0.4 is 5.73 Å². The molecule has 0 aliphatic heterocycles. The number of hydrogen-bond acceptors (Lipinski definition) is 5. The average Bonchev–Trinajstić information content (AvgIpc) is 2.34. The lowest BCUT2D eigenvalue weighted by molar-refractivity contribution is -0.161. The van der Waals surface area contributed by atoms with Crippen molar-refractivity contribution in [1.29, 1.82) is 0 Å². The Morgan fingerprint density at radius 3 is 2.53 bits per heavy atom. The van der Waals surface area contributed by atoms with Crippen LogP contribution in [0.4, 0.5) is 5.69 Å². The van der Waals surface area contributed by atoms with Gasteiger partial charge in [0.2, 0.25) is 0 Å². The van der Waals surface area contributed by atoms with Crippen LogP contribution in [0.3, 0.4) is 0 Å². The summed E-state index contributed by atoms with van der Waals surface area (Å²) in [5.74, 6) is -1.51. The summed E-state index contributed by atoms with van der Waals surface area (Å²) in [7, 11) is 0. The van der Waals surface area contributed by atoms with Crippen molar-refractivity contribution in [2.75, 3.05) is 12.3 Å². The van der Waals surface area contributed by atoms with Gasteiger partial charge in [0.05, 0.1) is 12.0 Å². The number of carbonyl (C=O) groups excluding carboxylic acids is 2. The van der Waals surface area contributed by atoms with Crippen LogP contribution in [-0.4, -0.2) is 24.6 Å². The fourth-order valence-corrected chi connectivity index (χ4v) is 1.52. The summed E-state index contributed by atoms with van der Waals surface area (Å²) in [5.41, 5.74) is 6.98. The second-order valence-electron chi connectivity index (χ2n) is 4.54. The van der Waals surface area contributed by atoms with E-state index < -0.39 is 17.9 Å². The van der Waals surface area contributed by atoms with Gasteiger partial charge in [-0.2, -0.15) is 0 Å². The van der Waals surface area contributed by atoms with Crippen LogP contribution in [0.1, 0.15) is 32.3 Å². The molecule has 1 aromatic rings. The smallest absolute Gasteiger partial charge is 0.344 e. The molecule has 0 heterocycles. The highest BCUT2D eigenvalue weighted by Crippen LogP contribution is 2.19. The number of rotatable bonds is 5. The van der Waals surface area contributed by atoms with Crippen LogP contribution in [0.25, 0.3) is 0 Å². The van der Waals surface area contributed by atoms with Crippen LogP contribution in [0.15, 0.2) is 24.3 Å². The summed E-state index contributed by atoms with van der Waals surface area (Å²) in [4.78, 5) is 23.0. The van der Waals surface area contributed by atoms with E-state index in [4.69, 9.17) is 15.2 Å². The first-order valence-electron chi connectivity index (χ1n) is 6.11. The SMILES string of the molecule is CC(C)OC(=O)COC(=O)C(C)c1cccc(N)c1. The number of benzene rings is 1. The molecular formula is C14H19NO4. The van der Waals surface area contributed by atoms with Gasteiger partial charge < -0.3 is 15.2 Å². The van der Waals surface area contributed by atoms with Crippen molar-refractivity contribution in [3.8, 4) is 0 Å². The summed E-state index contributed by atoms with van der Waals surface area (Å²) in [5, 5.41) is 0. The maximum Gasteiger partial charge on any atom is 0.344 e. The molecule has 0 amide bonds. The molecule has 0 saturated carbocycles. The maximum atomic E-state index is 11.8. The Hall–Kier alpha value is -2.04. The van der Waals surface area contributed by atoms with Crippen molar-refractivity contribution in [3.05, 3.63) is 29.8 Å². The van der Waals surface area contributed by atoms with E-state index in [-0.39, 0.29) is 12.7 Å². The van der Waals surface area contributed by atoms with Crippen molar-refractivity contribution in [3.63, 3.8) is 0 Å². The molecule has 1 unspecified atom stereocenters. The van der Waals surface area contributed by atoms with Gasteiger partial charge >= 0.3 is 11.9 Å². The van der Waals surface area contributed by atoms with Crippen molar-refractivity contribution in [2.45, 2.75) is 32.8 Å².